The number of benzene rings is 2. The van der Waals surface area contributed by atoms with E-state index in [9.17, 15) is 4.39 Å². The molecule has 0 bridgehead atoms. The maximum absolute atomic E-state index is 13.0. The zero-order chi connectivity index (χ0) is 13.7. The van der Waals surface area contributed by atoms with Crippen molar-refractivity contribution in [2.75, 3.05) is 11.9 Å². The summed E-state index contributed by atoms with van der Waals surface area (Å²) in [5, 5.41) is 12.2. The molecule has 2 nitrogen and oxygen atoms in total. The van der Waals surface area contributed by atoms with E-state index in [0.29, 0.717) is 18.5 Å². The number of hydrogen-bond donors (Lipinski definition) is 1. The van der Waals surface area contributed by atoms with Crippen molar-refractivity contribution in [3.8, 4) is 6.07 Å². The van der Waals surface area contributed by atoms with Crippen molar-refractivity contribution >= 4 is 21.6 Å². The molecule has 0 amide bonds. The lowest BCUT2D eigenvalue weighted by Gasteiger charge is -2.08. The number of anilines is 1. The topological polar surface area (TPSA) is 35.8 Å². The van der Waals surface area contributed by atoms with E-state index in [-0.39, 0.29) is 5.82 Å². The van der Waals surface area contributed by atoms with Crippen molar-refractivity contribution in [3.05, 3.63) is 63.9 Å². The molecule has 19 heavy (non-hydrogen) atoms. The minimum atomic E-state index is -0.223. The molecule has 0 heterocycles. The standard InChI is InChI=1S/C15H12BrFN2/c16-13-4-5-15(12(9-13)10-18)19-7-6-11-2-1-3-14(17)8-11/h1-5,8-9,19H,6-7H2. The molecule has 0 radical (unpaired) electrons. The Hall–Kier alpha value is -1.86. The quantitative estimate of drug-likeness (QED) is 0.920. The number of halogens is 2. The highest BCUT2D eigenvalue weighted by atomic mass is 79.9. The third-order valence-electron chi connectivity index (χ3n) is 2.72. The maximum Gasteiger partial charge on any atom is 0.123 e. The smallest absolute Gasteiger partial charge is 0.123 e. The molecular weight excluding hydrogens is 307 g/mol. The first-order chi connectivity index (χ1) is 9.19. The molecule has 2 aromatic rings. The fraction of sp³-hybridized carbons (Fsp3) is 0.133. The second kappa shape index (κ2) is 6.35. The lowest BCUT2D eigenvalue weighted by atomic mass is 10.1. The summed E-state index contributed by atoms with van der Waals surface area (Å²) in [4.78, 5) is 0. The summed E-state index contributed by atoms with van der Waals surface area (Å²) in [6.45, 7) is 0.653. The van der Waals surface area contributed by atoms with Gasteiger partial charge in [0, 0.05) is 11.0 Å². The fourth-order valence-corrected chi connectivity index (χ4v) is 2.16. The average Bonchev–Trinajstić information content (AvgIpc) is 2.40. The van der Waals surface area contributed by atoms with Gasteiger partial charge in [-0.1, -0.05) is 28.1 Å². The van der Waals surface area contributed by atoms with Gasteiger partial charge in [-0.25, -0.2) is 4.39 Å². The normalized spacial score (nSPS) is 9.95. The Bertz CT molecular complexity index is 620. The SMILES string of the molecule is N#Cc1cc(Br)ccc1NCCc1cccc(F)c1. The predicted molar refractivity (Wildman–Crippen MR) is 77.5 cm³/mol. The average molecular weight is 319 g/mol. The fourth-order valence-electron chi connectivity index (χ4n) is 1.80. The minimum Gasteiger partial charge on any atom is -0.384 e. The second-order valence-electron chi connectivity index (χ2n) is 4.11. The van der Waals surface area contributed by atoms with E-state index in [0.717, 1.165) is 15.7 Å². The summed E-state index contributed by atoms with van der Waals surface area (Å²) in [6, 6.07) is 14.2. The van der Waals surface area contributed by atoms with Crippen LogP contribution in [0.3, 0.4) is 0 Å². The van der Waals surface area contributed by atoms with Crippen LogP contribution in [0, 0.1) is 17.1 Å². The number of hydrogen-bond acceptors (Lipinski definition) is 2. The van der Waals surface area contributed by atoms with E-state index in [2.05, 4.69) is 27.3 Å². The van der Waals surface area contributed by atoms with Gasteiger partial charge >= 0.3 is 0 Å². The molecule has 1 N–H and O–H groups in total. The first kappa shape index (κ1) is 13.6. The summed E-state index contributed by atoms with van der Waals surface area (Å²) < 4.78 is 13.9. The second-order valence-corrected chi connectivity index (χ2v) is 5.02. The van der Waals surface area contributed by atoms with E-state index in [1.807, 2.05) is 18.2 Å². The highest BCUT2D eigenvalue weighted by molar-refractivity contribution is 9.10. The van der Waals surface area contributed by atoms with Gasteiger partial charge in [0.1, 0.15) is 11.9 Å². The first-order valence-electron chi connectivity index (χ1n) is 5.87. The lowest BCUT2D eigenvalue weighted by molar-refractivity contribution is 0.625. The van der Waals surface area contributed by atoms with E-state index >= 15 is 0 Å². The van der Waals surface area contributed by atoms with Crippen molar-refractivity contribution in [3.63, 3.8) is 0 Å². The zero-order valence-corrected chi connectivity index (χ0v) is 11.7. The third-order valence-corrected chi connectivity index (χ3v) is 3.21. The molecule has 0 saturated carbocycles. The van der Waals surface area contributed by atoms with Crippen LogP contribution in [0.5, 0.6) is 0 Å². The molecule has 0 aliphatic carbocycles. The molecule has 4 heteroatoms. The third kappa shape index (κ3) is 3.80. The number of nitrogens with zero attached hydrogens (tertiary/aromatic N) is 1. The van der Waals surface area contributed by atoms with Crippen LogP contribution in [0.2, 0.25) is 0 Å². The van der Waals surface area contributed by atoms with Crippen LogP contribution in [0.25, 0.3) is 0 Å². The van der Waals surface area contributed by atoms with Gasteiger partial charge in [-0.05, 0) is 42.3 Å². The van der Waals surface area contributed by atoms with E-state index < -0.39 is 0 Å². The summed E-state index contributed by atoms with van der Waals surface area (Å²) in [5.41, 5.74) is 2.32. The monoisotopic (exact) mass is 318 g/mol. The molecule has 0 unspecified atom stereocenters. The Kier molecular flexibility index (Phi) is 4.53. The summed E-state index contributed by atoms with van der Waals surface area (Å²) >= 11 is 3.33. The Balaban J connectivity index is 1.98. The van der Waals surface area contributed by atoms with E-state index in [1.54, 1.807) is 12.1 Å². The Morgan fingerprint density at radius 3 is 2.79 bits per heavy atom. The van der Waals surface area contributed by atoms with Gasteiger partial charge in [-0.3, -0.25) is 0 Å². The molecule has 96 valence electrons. The molecule has 0 spiro atoms. The Morgan fingerprint density at radius 2 is 2.05 bits per heavy atom. The van der Waals surface area contributed by atoms with Crippen molar-refractivity contribution in [1.82, 2.24) is 0 Å². The van der Waals surface area contributed by atoms with E-state index in [1.165, 1.54) is 12.1 Å². The van der Waals surface area contributed by atoms with Gasteiger partial charge in [0.05, 0.1) is 11.3 Å². The molecule has 0 aliphatic rings. The van der Waals surface area contributed by atoms with Crippen molar-refractivity contribution in [2.24, 2.45) is 0 Å². The molecule has 0 atom stereocenters. The molecule has 0 saturated heterocycles. The number of nitrogens with one attached hydrogen (secondary N) is 1. The van der Waals surface area contributed by atoms with Gasteiger partial charge in [0.2, 0.25) is 0 Å². The number of rotatable bonds is 4. The largest absolute Gasteiger partial charge is 0.384 e. The molecule has 2 rings (SSSR count). The van der Waals surface area contributed by atoms with Gasteiger partial charge in [0.15, 0.2) is 0 Å². The van der Waals surface area contributed by atoms with Gasteiger partial charge in [-0.2, -0.15) is 5.26 Å². The lowest BCUT2D eigenvalue weighted by Crippen LogP contribution is -2.06. The van der Waals surface area contributed by atoms with Gasteiger partial charge < -0.3 is 5.32 Å². The molecule has 0 aliphatic heterocycles. The van der Waals surface area contributed by atoms with Crippen LogP contribution in [0.4, 0.5) is 10.1 Å². The first-order valence-corrected chi connectivity index (χ1v) is 6.66. The highest BCUT2D eigenvalue weighted by Gasteiger charge is 2.02. The molecule has 0 fully saturated rings. The number of nitriles is 1. The zero-order valence-electron chi connectivity index (χ0n) is 10.2. The summed E-state index contributed by atoms with van der Waals surface area (Å²) in [6.07, 6.45) is 0.707. The summed E-state index contributed by atoms with van der Waals surface area (Å²) in [7, 11) is 0. The Morgan fingerprint density at radius 1 is 1.21 bits per heavy atom. The van der Waals surface area contributed by atoms with Crippen molar-refractivity contribution in [2.45, 2.75) is 6.42 Å². The van der Waals surface area contributed by atoms with Gasteiger partial charge in [-0.15, -0.1) is 0 Å². The van der Waals surface area contributed by atoms with Crippen LogP contribution >= 0.6 is 15.9 Å². The Labute approximate surface area is 120 Å². The maximum atomic E-state index is 13.0. The van der Waals surface area contributed by atoms with Crippen LogP contribution in [-0.2, 0) is 6.42 Å². The van der Waals surface area contributed by atoms with Gasteiger partial charge in [0.25, 0.3) is 0 Å². The van der Waals surface area contributed by atoms with Crippen LogP contribution in [0.1, 0.15) is 11.1 Å². The molecule has 2 aromatic carbocycles. The van der Waals surface area contributed by atoms with Crippen molar-refractivity contribution in [1.29, 1.82) is 5.26 Å². The highest BCUT2D eigenvalue weighted by Crippen LogP contribution is 2.20. The summed E-state index contributed by atoms with van der Waals surface area (Å²) in [5.74, 6) is -0.223. The predicted octanol–water partition coefficient (Wildman–Crippen LogP) is 4.11. The van der Waals surface area contributed by atoms with Crippen LogP contribution in [0.15, 0.2) is 46.9 Å². The molecule has 0 aromatic heterocycles. The van der Waals surface area contributed by atoms with E-state index in [4.69, 9.17) is 5.26 Å². The minimum absolute atomic E-state index is 0.223. The van der Waals surface area contributed by atoms with Crippen LogP contribution < -0.4 is 5.32 Å². The van der Waals surface area contributed by atoms with Crippen molar-refractivity contribution < 1.29 is 4.39 Å². The van der Waals surface area contributed by atoms with Crippen LogP contribution in [-0.4, -0.2) is 6.54 Å². The molecular formula is C15H12BrFN2.